The van der Waals surface area contributed by atoms with Crippen LogP contribution in [0.4, 0.5) is 5.82 Å². The molecule has 0 atom stereocenters. The lowest BCUT2D eigenvalue weighted by Crippen LogP contribution is -2.53. The Hall–Kier alpha value is -2.82. The maximum atomic E-state index is 5.61. The summed E-state index contributed by atoms with van der Waals surface area (Å²) in [4.78, 5) is 30.5. The average molecular weight is 494 g/mol. The van der Waals surface area contributed by atoms with Crippen molar-refractivity contribution in [3.8, 4) is 5.95 Å². The molecule has 2 aliphatic rings. The lowest BCUT2D eigenvalue weighted by Gasteiger charge is -2.42. The topological polar surface area (TPSA) is 91.2 Å². The van der Waals surface area contributed by atoms with Crippen molar-refractivity contribution in [1.82, 2.24) is 39.3 Å². The first-order valence-corrected chi connectivity index (χ1v) is 13.1. The number of piperazine rings is 1. The number of nitrogens with one attached hydrogen (secondary N) is 1. The highest BCUT2D eigenvalue weighted by Gasteiger charge is 2.27. The SMILES string of the molecule is C=Cc1c(C)nc(CC)n1-c1nc(N2CCOCC2)c2[nH]c(CN3CCN(C(C)(C)C)CC3)nc2n1. The van der Waals surface area contributed by atoms with E-state index in [1.807, 2.05) is 17.6 Å². The van der Waals surface area contributed by atoms with Crippen LogP contribution in [-0.4, -0.2) is 97.3 Å². The zero-order valence-electron chi connectivity index (χ0n) is 22.3. The van der Waals surface area contributed by atoms with Crippen LogP contribution < -0.4 is 4.90 Å². The van der Waals surface area contributed by atoms with Crippen molar-refractivity contribution in [3.05, 3.63) is 29.6 Å². The zero-order valence-corrected chi connectivity index (χ0v) is 22.3. The van der Waals surface area contributed by atoms with Crippen molar-refractivity contribution in [2.45, 2.75) is 53.1 Å². The molecule has 194 valence electrons. The fraction of sp³-hybridized carbons (Fsp3) is 0.615. The van der Waals surface area contributed by atoms with Gasteiger partial charge in [0.15, 0.2) is 11.5 Å². The molecule has 10 heteroatoms. The van der Waals surface area contributed by atoms with Crippen LogP contribution in [0.2, 0.25) is 0 Å². The van der Waals surface area contributed by atoms with Crippen LogP contribution in [0.3, 0.4) is 0 Å². The van der Waals surface area contributed by atoms with Crippen LogP contribution in [-0.2, 0) is 17.7 Å². The summed E-state index contributed by atoms with van der Waals surface area (Å²) < 4.78 is 7.63. The van der Waals surface area contributed by atoms with E-state index in [0.29, 0.717) is 24.8 Å². The Balaban J connectivity index is 1.51. The number of anilines is 1. The molecule has 2 fully saturated rings. The molecule has 1 N–H and O–H groups in total. The van der Waals surface area contributed by atoms with E-state index in [2.05, 4.69) is 54.0 Å². The van der Waals surface area contributed by atoms with Gasteiger partial charge in [0.25, 0.3) is 0 Å². The van der Waals surface area contributed by atoms with Crippen molar-refractivity contribution in [3.63, 3.8) is 0 Å². The zero-order chi connectivity index (χ0) is 25.4. The van der Waals surface area contributed by atoms with Gasteiger partial charge in [-0.05, 0) is 33.8 Å². The second-order valence-corrected chi connectivity index (χ2v) is 10.7. The van der Waals surface area contributed by atoms with E-state index in [1.165, 1.54) is 0 Å². The summed E-state index contributed by atoms with van der Waals surface area (Å²) in [5.41, 5.74) is 3.63. The quantitative estimate of drug-likeness (QED) is 0.561. The summed E-state index contributed by atoms with van der Waals surface area (Å²) in [6, 6.07) is 0. The highest BCUT2D eigenvalue weighted by atomic mass is 16.5. The van der Waals surface area contributed by atoms with Crippen molar-refractivity contribution in [2.75, 3.05) is 57.4 Å². The van der Waals surface area contributed by atoms with Gasteiger partial charge in [0.2, 0.25) is 5.95 Å². The molecular formula is C26H39N9O. The minimum Gasteiger partial charge on any atom is -0.378 e. The lowest BCUT2D eigenvalue weighted by atomic mass is 10.1. The number of aromatic amines is 1. The van der Waals surface area contributed by atoms with Crippen LogP contribution in [0.15, 0.2) is 6.58 Å². The molecule has 0 aliphatic carbocycles. The average Bonchev–Trinajstić information content (AvgIpc) is 3.42. The van der Waals surface area contributed by atoms with Crippen molar-refractivity contribution < 1.29 is 4.74 Å². The Labute approximate surface area is 213 Å². The third-order valence-corrected chi connectivity index (χ3v) is 7.25. The molecule has 10 nitrogen and oxygen atoms in total. The van der Waals surface area contributed by atoms with Crippen molar-refractivity contribution >= 4 is 23.1 Å². The molecule has 0 radical (unpaired) electrons. The summed E-state index contributed by atoms with van der Waals surface area (Å²) in [6.07, 6.45) is 2.60. The van der Waals surface area contributed by atoms with Crippen LogP contribution in [0, 0.1) is 6.92 Å². The van der Waals surface area contributed by atoms with E-state index in [0.717, 1.165) is 86.6 Å². The smallest absolute Gasteiger partial charge is 0.239 e. The predicted octanol–water partition coefficient (Wildman–Crippen LogP) is 2.81. The maximum Gasteiger partial charge on any atom is 0.239 e. The molecule has 0 bridgehead atoms. The van der Waals surface area contributed by atoms with E-state index in [4.69, 9.17) is 24.7 Å². The molecule has 0 amide bonds. The fourth-order valence-corrected chi connectivity index (χ4v) is 5.19. The summed E-state index contributed by atoms with van der Waals surface area (Å²) >= 11 is 0. The van der Waals surface area contributed by atoms with Gasteiger partial charge in [-0.25, -0.2) is 9.97 Å². The Morgan fingerprint density at radius 1 is 1.00 bits per heavy atom. The number of hydrogen-bond acceptors (Lipinski definition) is 8. The molecule has 5 rings (SSSR count). The van der Waals surface area contributed by atoms with Gasteiger partial charge < -0.3 is 14.6 Å². The number of aromatic nitrogens is 6. The first-order chi connectivity index (χ1) is 17.3. The van der Waals surface area contributed by atoms with E-state index in [9.17, 15) is 0 Å². The highest BCUT2D eigenvalue weighted by molar-refractivity contribution is 5.84. The number of nitrogens with zero attached hydrogens (tertiary/aromatic N) is 8. The monoisotopic (exact) mass is 493 g/mol. The van der Waals surface area contributed by atoms with Gasteiger partial charge >= 0.3 is 0 Å². The summed E-state index contributed by atoms with van der Waals surface area (Å²) in [5.74, 6) is 3.31. The van der Waals surface area contributed by atoms with Gasteiger partial charge in [0, 0.05) is 51.2 Å². The maximum absolute atomic E-state index is 5.61. The first-order valence-electron chi connectivity index (χ1n) is 13.1. The van der Waals surface area contributed by atoms with Crippen LogP contribution >= 0.6 is 0 Å². The normalized spacial score (nSPS) is 18.3. The molecule has 36 heavy (non-hydrogen) atoms. The van der Waals surface area contributed by atoms with Gasteiger partial charge in [-0.3, -0.25) is 14.4 Å². The number of morpholine rings is 1. The van der Waals surface area contributed by atoms with Gasteiger partial charge in [-0.15, -0.1) is 0 Å². The molecule has 2 aliphatic heterocycles. The van der Waals surface area contributed by atoms with Gasteiger partial charge in [-0.1, -0.05) is 13.5 Å². The minimum absolute atomic E-state index is 0.206. The van der Waals surface area contributed by atoms with Crippen molar-refractivity contribution in [1.29, 1.82) is 0 Å². The number of H-pyrrole nitrogens is 1. The molecule has 0 spiro atoms. The Morgan fingerprint density at radius 3 is 2.36 bits per heavy atom. The molecular weight excluding hydrogens is 454 g/mol. The van der Waals surface area contributed by atoms with E-state index >= 15 is 0 Å². The second-order valence-electron chi connectivity index (χ2n) is 10.7. The largest absolute Gasteiger partial charge is 0.378 e. The third-order valence-electron chi connectivity index (χ3n) is 7.25. The predicted molar refractivity (Wildman–Crippen MR) is 143 cm³/mol. The van der Waals surface area contributed by atoms with Gasteiger partial charge in [0.05, 0.1) is 31.1 Å². The fourth-order valence-electron chi connectivity index (χ4n) is 5.19. The summed E-state index contributed by atoms with van der Waals surface area (Å²) in [6.45, 7) is 22.9. The van der Waals surface area contributed by atoms with Crippen LogP contribution in [0.25, 0.3) is 23.2 Å². The van der Waals surface area contributed by atoms with Gasteiger partial charge in [-0.2, -0.15) is 9.97 Å². The van der Waals surface area contributed by atoms with Gasteiger partial charge in [0.1, 0.15) is 17.2 Å². The number of aryl methyl sites for hydroxylation is 2. The van der Waals surface area contributed by atoms with Crippen LogP contribution in [0.5, 0.6) is 0 Å². The Kier molecular flexibility index (Phi) is 6.84. The molecule has 0 unspecified atom stereocenters. The third kappa shape index (κ3) is 4.77. The number of rotatable bonds is 6. The van der Waals surface area contributed by atoms with E-state index in [1.54, 1.807) is 0 Å². The van der Waals surface area contributed by atoms with E-state index < -0.39 is 0 Å². The second kappa shape index (κ2) is 9.91. The molecule has 0 saturated carbocycles. The van der Waals surface area contributed by atoms with Crippen molar-refractivity contribution in [2.24, 2.45) is 0 Å². The molecule has 3 aromatic rings. The lowest BCUT2D eigenvalue weighted by molar-refractivity contribution is 0.0581. The summed E-state index contributed by atoms with van der Waals surface area (Å²) in [5, 5.41) is 0. The Bertz CT molecular complexity index is 1220. The number of ether oxygens (including phenoxy) is 1. The molecule has 5 heterocycles. The molecule has 2 saturated heterocycles. The minimum atomic E-state index is 0.206. The molecule has 3 aromatic heterocycles. The standard InChI is InChI=1S/C26H39N9O/c1-7-19-18(3)27-21(8-2)35(19)25-30-23-22(24(31-25)33-13-15-36-16-14-33)28-20(29-23)17-32-9-11-34(12-10-32)26(4,5)6/h7H,1,8-17H2,2-6H3,(H,28,29,30,31). The number of hydrogen-bond donors (Lipinski definition) is 1. The first kappa shape index (κ1) is 24.9. The van der Waals surface area contributed by atoms with Crippen LogP contribution in [0.1, 0.15) is 50.7 Å². The number of imidazole rings is 2. The molecule has 0 aromatic carbocycles. The highest BCUT2D eigenvalue weighted by Crippen LogP contribution is 2.27. The number of fused-ring (bicyclic) bond motifs is 1. The van der Waals surface area contributed by atoms with E-state index in [-0.39, 0.29) is 5.54 Å². The summed E-state index contributed by atoms with van der Waals surface area (Å²) in [7, 11) is 0. The Morgan fingerprint density at radius 2 is 1.72 bits per heavy atom.